The Morgan fingerprint density at radius 2 is 1.78 bits per heavy atom. The first-order valence-corrected chi connectivity index (χ1v) is 13.8. The van der Waals surface area contributed by atoms with Crippen molar-refractivity contribution in [2.75, 3.05) is 49.8 Å². The summed E-state index contributed by atoms with van der Waals surface area (Å²) >= 11 is 0. The number of nitrogens with two attached hydrogens (primary N) is 1. The highest BCUT2D eigenvalue weighted by Crippen LogP contribution is 2.36. The molecule has 2 amide bonds. The van der Waals surface area contributed by atoms with Crippen molar-refractivity contribution in [2.45, 2.75) is 24.8 Å². The molecule has 0 aromatic heterocycles. The number of likely N-dealkylation sites (tertiary alicyclic amines) is 1. The van der Waals surface area contributed by atoms with Gasteiger partial charge < -0.3 is 25.8 Å². The van der Waals surface area contributed by atoms with Crippen LogP contribution in [-0.2, 0) is 14.3 Å². The Morgan fingerprint density at radius 1 is 1.02 bits per heavy atom. The minimum absolute atomic E-state index is 0.0254. The first-order valence-electron chi connectivity index (χ1n) is 13.8. The van der Waals surface area contributed by atoms with Gasteiger partial charge in [-0.3, -0.25) is 14.5 Å². The number of ether oxygens (including phenoxy) is 2. The maximum Gasteiger partial charge on any atom is 0.248 e. The van der Waals surface area contributed by atoms with E-state index >= 15 is 0 Å². The van der Waals surface area contributed by atoms with Crippen LogP contribution >= 0.6 is 0 Å². The molecule has 8 nitrogen and oxygen atoms in total. The van der Waals surface area contributed by atoms with Crippen molar-refractivity contribution in [1.82, 2.24) is 4.90 Å². The lowest BCUT2D eigenvalue weighted by atomic mass is 9.88. The molecule has 0 saturated carbocycles. The molecule has 0 radical (unpaired) electrons. The normalized spacial score (nSPS) is 19.8. The largest absolute Gasteiger partial charge is 0.494 e. The number of nitrogens with zero attached hydrogens (tertiary/aromatic N) is 1. The lowest BCUT2D eigenvalue weighted by molar-refractivity contribution is -0.120. The van der Waals surface area contributed by atoms with E-state index in [-0.39, 0.29) is 29.4 Å². The molecular weight excluding hydrogens is 523 g/mol. The van der Waals surface area contributed by atoms with Crippen LogP contribution in [0.4, 0.5) is 21.5 Å². The van der Waals surface area contributed by atoms with E-state index < -0.39 is 5.82 Å². The summed E-state index contributed by atoms with van der Waals surface area (Å²) < 4.78 is 24.5. The number of carbonyl (C=O) groups excluding carboxylic acids is 2. The summed E-state index contributed by atoms with van der Waals surface area (Å²) in [6.45, 7) is 2.84. The van der Waals surface area contributed by atoms with Gasteiger partial charge in [-0.15, -0.1) is 0 Å². The van der Waals surface area contributed by atoms with Gasteiger partial charge in [-0.05, 0) is 54.3 Å². The van der Waals surface area contributed by atoms with Crippen LogP contribution in [0.15, 0.2) is 72.8 Å². The van der Waals surface area contributed by atoms with Crippen LogP contribution in [0.1, 0.15) is 29.9 Å². The van der Waals surface area contributed by atoms with Crippen LogP contribution in [0.2, 0.25) is 0 Å². The first kappa shape index (κ1) is 28.3. The topological polar surface area (TPSA) is 106 Å². The van der Waals surface area contributed by atoms with E-state index in [1.54, 1.807) is 24.3 Å². The van der Waals surface area contributed by atoms with Crippen molar-refractivity contribution in [3.63, 3.8) is 0 Å². The van der Waals surface area contributed by atoms with Crippen molar-refractivity contribution in [3.05, 3.63) is 89.8 Å². The van der Waals surface area contributed by atoms with Crippen molar-refractivity contribution >= 4 is 35.0 Å². The molecular formula is C32H35FN4O4. The Morgan fingerprint density at radius 3 is 2.51 bits per heavy atom. The minimum atomic E-state index is -0.481. The van der Waals surface area contributed by atoms with E-state index in [1.807, 2.05) is 36.4 Å². The molecule has 3 aromatic rings. The zero-order valence-electron chi connectivity index (χ0n) is 23.0. The lowest BCUT2D eigenvalue weighted by Crippen LogP contribution is -2.38. The lowest BCUT2D eigenvalue weighted by Gasteiger charge is -2.31. The number of rotatable bonds is 8. The van der Waals surface area contributed by atoms with Crippen LogP contribution in [0.3, 0.4) is 0 Å². The molecule has 9 heteroatoms. The summed E-state index contributed by atoms with van der Waals surface area (Å²) in [4.78, 5) is 28.4. The Bertz CT molecular complexity index is 1410. The van der Waals surface area contributed by atoms with E-state index in [0.29, 0.717) is 29.6 Å². The second-order valence-corrected chi connectivity index (χ2v) is 10.4. The summed E-state index contributed by atoms with van der Waals surface area (Å²) in [5, 5.41) is 5.76. The number of anilines is 3. The standard InChI is InChI=1S/C32H35FN4O4/c1-40-30-18-23(11-12-27(30)33)35-32(39)26-20-37(24-14-16-41-17-15-24)19-25(26)22-9-6-21(7-10-22)8-13-31(38)36-29-5-3-2-4-28(29)34/h2-13,18,24-26H,14-17,19-20,34H2,1H3,(H,35,39)(H,36,38)/b13-8+. The maximum absolute atomic E-state index is 13.9. The van der Waals surface area contributed by atoms with Gasteiger partial charge in [0.15, 0.2) is 11.6 Å². The number of nitrogen functional groups attached to an aromatic ring is 1. The van der Waals surface area contributed by atoms with Crippen molar-refractivity contribution in [3.8, 4) is 5.75 Å². The maximum atomic E-state index is 13.9. The second-order valence-electron chi connectivity index (χ2n) is 10.4. The number of benzene rings is 3. The molecule has 2 aliphatic rings. The van der Waals surface area contributed by atoms with E-state index in [9.17, 15) is 14.0 Å². The van der Waals surface area contributed by atoms with E-state index in [0.717, 1.165) is 43.7 Å². The van der Waals surface area contributed by atoms with Crippen LogP contribution < -0.4 is 21.1 Å². The van der Waals surface area contributed by atoms with Crippen LogP contribution in [-0.4, -0.2) is 56.2 Å². The molecule has 214 valence electrons. The summed E-state index contributed by atoms with van der Waals surface area (Å²) in [5.41, 5.74) is 9.38. The summed E-state index contributed by atoms with van der Waals surface area (Å²) in [5.74, 6) is -1.10. The second kappa shape index (κ2) is 13.0. The molecule has 5 rings (SSSR count). The zero-order chi connectivity index (χ0) is 28.8. The van der Waals surface area contributed by atoms with Crippen molar-refractivity contribution < 1.29 is 23.5 Å². The van der Waals surface area contributed by atoms with Gasteiger partial charge >= 0.3 is 0 Å². The van der Waals surface area contributed by atoms with Gasteiger partial charge in [-0.1, -0.05) is 36.4 Å². The Kier molecular flexibility index (Phi) is 8.96. The van der Waals surface area contributed by atoms with Gasteiger partial charge in [-0.25, -0.2) is 4.39 Å². The number of methoxy groups -OCH3 is 1. The molecule has 2 saturated heterocycles. The van der Waals surface area contributed by atoms with Crippen molar-refractivity contribution in [1.29, 1.82) is 0 Å². The van der Waals surface area contributed by atoms with E-state index in [4.69, 9.17) is 15.2 Å². The van der Waals surface area contributed by atoms with Crippen LogP contribution in [0.25, 0.3) is 6.08 Å². The number of hydrogen-bond acceptors (Lipinski definition) is 6. The Labute approximate surface area is 239 Å². The fourth-order valence-corrected chi connectivity index (χ4v) is 5.57. The minimum Gasteiger partial charge on any atom is -0.494 e. The molecule has 0 aliphatic carbocycles. The van der Waals surface area contributed by atoms with Gasteiger partial charge in [0.2, 0.25) is 11.8 Å². The predicted octanol–water partition coefficient (Wildman–Crippen LogP) is 4.90. The smallest absolute Gasteiger partial charge is 0.248 e. The number of hydrogen-bond donors (Lipinski definition) is 3. The monoisotopic (exact) mass is 558 g/mol. The number of amides is 2. The summed E-state index contributed by atoms with van der Waals surface area (Å²) in [6.07, 6.45) is 5.09. The van der Waals surface area contributed by atoms with Gasteiger partial charge in [0.05, 0.1) is 24.4 Å². The van der Waals surface area contributed by atoms with Gasteiger partial charge in [0, 0.05) is 56.1 Å². The summed E-state index contributed by atoms with van der Waals surface area (Å²) in [7, 11) is 1.40. The third-order valence-corrected chi connectivity index (χ3v) is 7.82. The summed E-state index contributed by atoms with van der Waals surface area (Å²) in [6, 6.07) is 19.7. The number of nitrogens with one attached hydrogen (secondary N) is 2. The Hall–Kier alpha value is -4.21. The van der Waals surface area contributed by atoms with Gasteiger partial charge in [-0.2, -0.15) is 0 Å². The molecule has 2 fully saturated rings. The number of halogens is 1. The molecule has 2 heterocycles. The fourth-order valence-electron chi connectivity index (χ4n) is 5.57. The average molecular weight is 559 g/mol. The molecule has 2 atom stereocenters. The molecule has 41 heavy (non-hydrogen) atoms. The molecule has 4 N–H and O–H groups in total. The van der Waals surface area contributed by atoms with Crippen LogP contribution in [0.5, 0.6) is 5.75 Å². The Balaban J connectivity index is 1.30. The number of para-hydroxylation sites is 2. The fraction of sp³-hybridized carbons (Fsp3) is 0.312. The highest BCUT2D eigenvalue weighted by atomic mass is 19.1. The van der Waals surface area contributed by atoms with Gasteiger partial charge in [0.1, 0.15) is 0 Å². The van der Waals surface area contributed by atoms with E-state index in [2.05, 4.69) is 15.5 Å². The predicted molar refractivity (Wildman–Crippen MR) is 158 cm³/mol. The van der Waals surface area contributed by atoms with Crippen LogP contribution in [0, 0.1) is 11.7 Å². The van der Waals surface area contributed by atoms with Gasteiger partial charge in [0.25, 0.3) is 0 Å². The van der Waals surface area contributed by atoms with Crippen molar-refractivity contribution in [2.24, 2.45) is 5.92 Å². The average Bonchev–Trinajstić information content (AvgIpc) is 3.45. The molecule has 0 spiro atoms. The molecule has 3 aromatic carbocycles. The highest BCUT2D eigenvalue weighted by molar-refractivity contribution is 6.03. The quantitative estimate of drug-likeness (QED) is 0.268. The zero-order valence-corrected chi connectivity index (χ0v) is 23.0. The third-order valence-electron chi connectivity index (χ3n) is 7.82. The molecule has 0 bridgehead atoms. The van der Waals surface area contributed by atoms with E-state index in [1.165, 1.54) is 25.3 Å². The first-order chi connectivity index (χ1) is 19.9. The number of carbonyl (C=O) groups is 2. The molecule has 2 aliphatic heterocycles. The third kappa shape index (κ3) is 6.93. The SMILES string of the molecule is COc1cc(NC(=O)C2CN(C3CCOCC3)CC2c2ccc(/C=C/C(=O)Nc3ccccc3N)cc2)ccc1F. The highest BCUT2D eigenvalue weighted by Gasteiger charge is 2.41. The molecule has 2 unspecified atom stereocenters.